The van der Waals surface area contributed by atoms with E-state index in [2.05, 4.69) is 31.3 Å². The van der Waals surface area contributed by atoms with Crippen LogP contribution >= 0.6 is 0 Å². The van der Waals surface area contributed by atoms with Gasteiger partial charge >= 0.3 is 0 Å². The first-order chi connectivity index (χ1) is 13.9. The van der Waals surface area contributed by atoms with E-state index in [0.29, 0.717) is 13.3 Å². The molecule has 0 saturated heterocycles. The van der Waals surface area contributed by atoms with Crippen LogP contribution in [0.15, 0.2) is 72.8 Å². The average molecular weight is 370 g/mol. The molecular formula is C20H18N8. The first-order valence-corrected chi connectivity index (χ1v) is 9.02. The Labute approximate surface area is 160 Å². The van der Waals surface area contributed by atoms with Crippen molar-refractivity contribution in [3.8, 4) is 0 Å². The molecular weight excluding hydrogens is 352 g/mol. The standard InChI is InChI=1S/C20H18N8/c1-2-8-16(22-14-28-20-12-6-4-10-18(20)24-26-28)15(7-1)21-13-27-19-11-5-3-9-17(19)23-25-27/h1-12,21-22H,13-14H2. The fourth-order valence-corrected chi connectivity index (χ4v) is 3.18. The van der Waals surface area contributed by atoms with Gasteiger partial charge < -0.3 is 10.6 Å². The average Bonchev–Trinajstić information content (AvgIpc) is 3.35. The Morgan fingerprint density at radius 2 is 1.00 bits per heavy atom. The number of hydrogen-bond donors (Lipinski definition) is 2. The molecule has 0 aliphatic carbocycles. The number of anilines is 2. The van der Waals surface area contributed by atoms with Gasteiger partial charge in [-0.1, -0.05) is 46.8 Å². The summed E-state index contributed by atoms with van der Waals surface area (Å²) in [5.74, 6) is 0. The van der Waals surface area contributed by atoms with Crippen LogP contribution in [0.4, 0.5) is 11.4 Å². The molecule has 5 rings (SSSR count). The third-order valence-corrected chi connectivity index (χ3v) is 4.61. The van der Waals surface area contributed by atoms with E-state index < -0.39 is 0 Å². The van der Waals surface area contributed by atoms with Crippen molar-refractivity contribution in [2.24, 2.45) is 0 Å². The van der Waals surface area contributed by atoms with Gasteiger partial charge in [-0.2, -0.15) is 0 Å². The summed E-state index contributed by atoms with van der Waals surface area (Å²) >= 11 is 0. The summed E-state index contributed by atoms with van der Waals surface area (Å²) in [7, 11) is 0. The highest BCUT2D eigenvalue weighted by atomic mass is 15.5. The Bertz CT molecular complexity index is 1140. The molecule has 2 N–H and O–H groups in total. The molecule has 0 saturated carbocycles. The monoisotopic (exact) mass is 370 g/mol. The maximum absolute atomic E-state index is 4.22. The molecule has 8 heteroatoms. The van der Waals surface area contributed by atoms with Crippen molar-refractivity contribution in [1.82, 2.24) is 30.0 Å². The second kappa shape index (κ2) is 6.99. The number of hydrogen-bond acceptors (Lipinski definition) is 6. The van der Waals surface area contributed by atoms with Crippen LogP contribution in [-0.2, 0) is 13.3 Å². The summed E-state index contributed by atoms with van der Waals surface area (Å²) in [5.41, 5.74) is 5.71. The minimum atomic E-state index is 0.519. The maximum Gasteiger partial charge on any atom is 0.113 e. The van der Waals surface area contributed by atoms with Crippen LogP contribution in [0.2, 0.25) is 0 Å². The Morgan fingerprint density at radius 3 is 1.50 bits per heavy atom. The van der Waals surface area contributed by atoms with E-state index in [-0.39, 0.29) is 0 Å². The summed E-state index contributed by atoms with van der Waals surface area (Å²) in [6, 6.07) is 23.9. The lowest BCUT2D eigenvalue weighted by molar-refractivity contribution is 0.650. The molecule has 0 spiro atoms. The van der Waals surface area contributed by atoms with Gasteiger partial charge in [0, 0.05) is 0 Å². The van der Waals surface area contributed by atoms with Gasteiger partial charge in [0.1, 0.15) is 24.4 Å². The van der Waals surface area contributed by atoms with E-state index >= 15 is 0 Å². The highest BCUT2D eigenvalue weighted by Gasteiger charge is 2.07. The quantitative estimate of drug-likeness (QED) is 0.477. The summed E-state index contributed by atoms with van der Waals surface area (Å²) in [5, 5.41) is 23.7. The summed E-state index contributed by atoms with van der Waals surface area (Å²) in [6.45, 7) is 1.04. The van der Waals surface area contributed by atoms with Gasteiger partial charge in [-0.25, -0.2) is 9.36 Å². The number of benzene rings is 3. The Balaban J connectivity index is 1.33. The third kappa shape index (κ3) is 3.01. The number of fused-ring (bicyclic) bond motifs is 2. The van der Waals surface area contributed by atoms with Crippen molar-refractivity contribution >= 4 is 33.4 Å². The molecule has 0 unspecified atom stereocenters. The highest BCUT2D eigenvalue weighted by Crippen LogP contribution is 2.22. The molecule has 138 valence electrons. The summed E-state index contributed by atoms with van der Waals surface area (Å²) < 4.78 is 3.69. The molecule has 0 amide bonds. The summed E-state index contributed by atoms with van der Waals surface area (Å²) in [4.78, 5) is 0. The summed E-state index contributed by atoms with van der Waals surface area (Å²) in [6.07, 6.45) is 0. The smallest absolute Gasteiger partial charge is 0.113 e. The van der Waals surface area contributed by atoms with Crippen LogP contribution in [0.3, 0.4) is 0 Å². The fourth-order valence-electron chi connectivity index (χ4n) is 3.18. The van der Waals surface area contributed by atoms with E-state index in [1.165, 1.54) is 0 Å². The minimum Gasteiger partial charge on any atom is -0.364 e. The van der Waals surface area contributed by atoms with Gasteiger partial charge in [0.15, 0.2) is 0 Å². The van der Waals surface area contributed by atoms with Crippen molar-refractivity contribution in [2.75, 3.05) is 10.6 Å². The van der Waals surface area contributed by atoms with Gasteiger partial charge in [-0.05, 0) is 36.4 Å². The van der Waals surface area contributed by atoms with Crippen LogP contribution in [0.5, 0.6) is 0 Å². The van der Waals surface area contributed by atoms with E-state index in [9.17, 15) is 0 Å². The number of nitrogens with one attached hydrogen (secondary N) is 2. The Kier molecular flexibility index (Phi) is 4.06. The molecule has 0 radical (unpaired) electrons. The zero-order valence-corrected chi connectivity index (χ0v) is 15.0. The second-order valence-corrected chi connectivity index (χ2v) is 6.37. The van der Waals surface area contributed by atoms with E-state index in [1.54, 1.807) is 0 Å². The zero-order chi connectivity index (χ0) is 18.8. The Morgan fingerprint density at radius 1 is 0.571 bits per heavy atom. The lowest BCUT2D eigenvalue weighted by Gasteiger charge is -2.14. The SMILES string of the molecule is c1ccc(NCn2nnc3ccccc32)c(NCn2nnc3ccccc32)c1. The van der Waals surface area contributed by atoms with Crippen molar-refractivity contribution in [3.63, 3.8) is 0 Å². The minimum absolute atomic E-state index is 0.519. The first-order valence-electron chi connectivity index (χ1n) is 9.02. The van der Waals surface area contributed by atoms with Crippen LogP contribution in [0.1, 0.15) is 0 Å². The molecule has 2 heterocycles. The molecule has 5 aromatic rings. The van der Waals surface area contributed by atoms with E-state index in [4.69, 9.17) is 0 Å². The molecule has 0 aliphatic heterocycles. The number of para-hydroxylation sites is 4. The molecule has 0 aliphatic rings. The van der Waals surface area contributed by atoms with E-state index in [1.807, 2.05) is 82.2 Å². The fraction of sp³-hybridized carbons (Fsp3) is 0.100. The van der Waals surface area contributed by atoms with Gasteiger partial charge in [0.05, 0.1) is 22.4 Å². The molecule has 8 nitrogen and oxygen atoms in total. The molecule has 0 bridgehead atoms. The normalized spacial score (nSPS) is 11.1. The molecule has 2 aromatic heterocycles. The van der Waals surface area contributed by atoms with Gasteiger partial charge in [-0.15, -0.1) is 10.2 Å². The van der Waals surface area contributed by atoms with E-state index in [0.717, 1.165) is 33.4 Å². The number of aromatic nitrogens is 6. The lowest BCUT2D eigenvalue weighted by atomic mass is 10.2. The molecule has 0 atom stereocenters. The molecule has 28 heavy (non-hydrogen) atoms. The first kappa shape index (κ1) is 16.2. The highest BCUT2D eigenvalue weighted by molar-refractivity contribution is 5.75. The van der Waals surface area contributed by atoms with Crippen molar-refractivity contribution in [1.29, 1.82) is 0 Å². The second-order valence-electron chi connectivity index (χ2n) is 6.37. The number of rotatable bonds is 6. The zero-order valence-electron chi connectivity index (χ0n) is 15.0. The van der Waals surface area contributed by atoms with Crippen LogP contribution in [0.25, 0.3) is 22.1 Å². The molecule has 3 aromatic carbocycles. The van der Waals surface area contributed by atoms with Crippen molar-refractivity contribution in [3.05, 3.63) is 72.8 Å². The third-order valence-electron chi connectivity index (χ3n) is 4.61. The predicted octanol–water partition coefficient (Wildman–Crippen LogP) is 3.32. The molecule has 0 fully saturated rings. The van der Waals surface area contributed by atoms with Crippen LogP contribution in [-0.4, -0.2) is 30.0 Å². The van der Waals surface area contributed by atoms with Crippen molar-refractivity contribution in [2.45, 2.75) is 13.3 Å². The maximum atomic E-state index is 4.22. The lowest BCUT2D eigenvalue weighted by Crippen LogP contribution is -2.13. The Hall–Kier alpha value is -3.94. The largest absolute Gasteiger partial charge is 0.364 e. The van der Waals surface area contributed by atoms with Gasteiger partial charge in [-0.3, -0.25) is 0 Å². The topological polar surface area (TPSA) is 85.5 Å². The van der Waals surface area contributed by atoms with Crippen LogP contribution in [0, 0.1) is 0 Å². The number of nitrogens with zero attached hydrogens (tertiary/aromatic N) is 6. The van der Waals surface area contributed by atoms with Gasteiger partial charge in [0.25, 0.3) is 0 Å². The van der Waals surface area contributed by atoms with Crippen LogP contribution < -0.4 is 10.6 Å². The van der Waals surface area contributed by atoms with Gasteiger partial charge in [0.2, 0.25) is 0 Å². The predicted molar refractivity (Wildman–Crippen MR) is 109 cm³/mol. The van der Waals surface area contributed by atoms with Crippen molar-refractivity contribution < 1.29 is 0 Å².